The number of piperidine rings is 1. The van der Waals surface area contributed by atoms with Crippen LogP contribution in [0, 0.1) is 5.82 Å². The zero-order chi connectivity index (χ0) is 23.9. The van der Waals surface area contributed by atoms with Gasteiger partial charge in [0.1, 0.15) is 5.82 Å². The number of nitrogens with one attached hydrogen (secondary N) is 2. The molecule has 0 spiro atoms. The standard InChI is InChI=1S/C25H31ClFN5O2/c26-22-7-4-8-23(27)21(22)17-31-13-15-32(16-14-31)24(33)18-30-11-9-20(10-12-30)29-25(34)28-19-5-2-1-3-6-19/h1-8,20H,9-18H2,(H2,28,29,34). The van der Waals surface area contributed by atoms with Gasteiger partial charge in [0.05, 0.1) is 6.54 Å². The summed E-state index contributed by atoms with van der Waals surface area (Å²) in [5.41, 5.74) is 1.28. The van der Waals surface area contributed by atoms with Crippen molar-refractivity contribution in [2.24, 2.45) is 0 Å². The number of hydrogen-bond acceptors (Lipinski definition) is 4. The molecule has 2 aliphatic rings. The third-order valence-electron chi connectivity index (χ3n) is 6.48. The maximum Gasteiger partial charge on any atom is 0.319 e. The van der Waals surface area contributed by atoms with Gasteiger partial charge in [0.15, 0.2) is 0 Å². The van der Waals surface area contributed by atoms with E-state index in [4.69, 9.17) is 11.6 Å². The Labute approximate surface area is 204 Å². The van der Waals surface area contributed by atoms with Gasteiger partial charge in [-0.1, -0.05) is 35.9 Å². The third kappa shape index (κ3) is 6.68. The molecule has 7 nitrogen and oxygen atoms in total. The Morgan fingerprint density at radius 2 is 1.62 bits per heavy atom. The summed E-state index contributed by atoms with van der Waals surface area (Å²) in [6, 6.07) is 14.0. The van der Waals surface area contributed by atoms with Crippen molar-refractivity contribution >= 4 is 29.2 Å². The topological polar surface area (TPSA) is 67.9 Å². The van der Waals surface area contributed by atoms with Crippen LogP contribution in [0.4, 0.5) is 14.9 Å². The Balaban J connectivity index is 1.15. The van der Waals surface area contributed by atoms with Crippen molar-refractivity contribution in [2.75, 3.05) is 51.1 Å². The van der Waals surface area contributed by atoms with E-state index < -0.39 is 0 Å². The molecule has 2 saturated heterocycles. The molecule has 2 N–H and O–H groups in total. The maximum atomic E-state index is 14.1. The first kappa shape index (κ1) is 24.4. The van der Waals surface area contributed by atoms with Gasteiger partial charge in [-0.3, -0.25) is 14.6 Å². The number of halogens is 2. The lowest BCUT2D eigenvalue weighted by atomic mass is 10.1. The Hall–Kier alpha value is -2.68. The van der Waals surface area contributed by atoms with Gasteiger partial charge in [-0.25, -0.2) is 9.18 Å². The summed E-state index contributed by atoms with van der Waals surface area (Å²) in [6.45, 7) is 5.03. The van der Waals surface area contributed by atoms with Crippen molar-refractivity contribution in [2.45, 2.75) is 25.4 Å². The number of nitrogens with zero attached hydrogens (tertiary/aromatic N) is 3. The van der Waals surface area contributed by atoms with Gasteiger partial charge in [0.25, 0.3) is 0 Å². The molecule has 2 heterocycles. The first-order valence-corrected chi connectivity index (χ1v) is 12.1. The zero-order valence-corrected chi connectivity index (χ0v) is 19.9. The second-order valence-corrected chi connectivity index (χ2v) is 9.28. The summed E-state index contributed by atoms with van der Waals surface area (Å²) in [5, 5.41) is 6.31. The Bertz CT molecular complexity index is 956. The molecule has 0 bridgehead atoms. The molecule has 0 radical (unpaired) electrons. The van der Waals surface area contributed by atoms with Gasteiger partial charge < -0.3 is 15.5 Å². The van der Waals surface area contributed by atoms with Gasteiger partial charge in [0.2, 0.25) is 5.91 Å². The van der Waals surface area contributed by atoms with Crippen molar-refractivity contribution in [1.82, 2.24) is 20.0 Å². The van der Waals surface area contributed by atoms with Crippen molar-refractivity contribution < 1.29 is 14.0 Å². The highest BCUT2D eigenvalue weighted by Crippen LogP contribution is 2.21. The number of carbonyl (C=O) groups excluding carboxylic acids is 2. The zero-order valence-electron chi connectivity index (χ0n) is 19.2. The number of anilines is 1. The molecule has 9 heteroatoms. The summed E-state index contributed by atoms with van der Waals surface area (Å²) in [6.07, 6.45) is 1.62. The van der Waals surface area contributed by atoms with Crippen LogP contribution in [-0.4, -0.2) is 78.5 Å². The minimum atomic E-state index is -0.290. The van der Waals surface area contributed by atoms with Crippen molar-refractivity contribution in [3.05, 3.63) is 64.9 Å². The Morgan fingerprint density at radius 1 is 0.912 bits per heavy atom. The molecule has 0 atom stereocenters. The van der Waals surface area contributed by atoms with E-state index in [0.29, 0.717) is 49.9 Å². The summed E-state index contributed by atoms with van der Waals surface area (Å²) in [5.74, 6) is -0.168. The second kappa shape index (κ2) is 11.6. The lowest BCUT2D eigenvalue weighted by molar-refractivity contribution is -0.134. The minimum absolute atomic E-state index is 0.101. The van der Waals surface area contributed by atoms with Crippen LogP contribution < -0.4 is 10.6 Å². The third-order valence-corrected chi connectivity index (χ3v) is 6.84. The molecule has 2 fully saturated rings. The van der Waals surface area contributed by atoms with Gasteiger partial charge >= 0.3 is 6.03 Å². The summed E-state index contributed by atoms with van der Waals surface area (Å²) in [4.78, 5) is 31.2. The van der Waals surface area contributed by atoms with Crippen LogP contribution in [0.15, 0.2) is 48.5 Å². The molecule has 2 aromatic rings. The number of para-hydroxylation sites is 1. The molecule has 2 aromatic carbocycles. The number of likely N-dealkylation sites (tertiary alicyclic amines) is 1. The molecule has 0 saturated carbocycles. The van der Waals surface area contributed by atoms with Gasteiger partial charge in [-0.05, 0) is 37.1 Å². The average molecular weight is 488 g/mol. The van der Waals surface area contributed by atoms with Gasteiger partial charge in [0, 0.05) is 68.1 Å². The molecule has 4 rings (SSSR count). The molecule has 182 valence electrons. The van der Waals surface area contributed by atoms with E-state index in [1.165, 1.54) is 6.07 Å². The summed E-state index contributed by atoms with van der Waals surface area (Å²) in [7, 11) is 0. The van der Waals surface area contributed by atoms with E-state index in [1.807, 2.05) is 35.2 Å². The fourth-order valence-electron chi connectivity index (χ4n) is 4.46. The monoisotopic (exact) mass is 487 g/mol. The molecular weight excluding hydrogens is 457 g/mol. The fourth-order valence-corrected chi connectivity index (χ4v) is 4.69. The number of rotatable bonds is 6. The first-order chi connectivity index (χ1) is 16.5. The number of amides is 3. The SMILES string of the molecule is O=C(Nc1ccccc1)NC1CCN(CC(=O)N2CCN(Cc3c(F)cccc3Cl)CC2)CC1. The van der Waals surface area contributed by atoms with Crippen LogP contribution in [0.1, 0.15) is 18.4 Å². The van der Waals surface area contributed by atoms with E-state index in [0.717, 1.165) is 31.6 Å². The van der Waals surface area contributed by atoms with E-state index in [9.17, 15) is 14.0 Å². The molecule has 0 unspecified atom stereocenters. The Morgan fingerprint density at radius 3 is 2.29 bits per heavy atom. The number of piperazine rings is 1. The number of hydrogen-bond donors (Lipinski definition) is 2. The van der Waals surface area contributed by atoms with E-state index in [1.54, 1.807) is 12.1 Å². The van der Waals surface area contributed by atoms with Crippen LogP contribution in [-0.2, 0) is 11.3 Å². The summed E-state index contributed by atoms with van der Waals surface area (Å²) >= 11 is 6.15. The van der Waals surface area contributed by atoms with E-state index in [2.05, 4.69) is 20.4 Å². The van der Waals surface area contributed by atoms with Gasteiger partial charge in [-0.15, -0.1) is 0 Å². The predicted molar refractivity (Wildman–Crippen MR) is 131 cm³/mol. The van der Waals surface area contributed by atoms with Crippen molar-refractivity contribution in [3.63, 3.8) is 0 Å². The lowest BCUT2D eigenvalue weighted by Gasteiger charge is -2.37. The second-order valence-electron chi connectivity index (χ2n) is 8.87. The van der Waals surface area contributed by atoms with Crippen LogP contribution in [0.25, 0.3) is 0 Å². The molecule has 3 amide bonds. The highest BCUT2D eigenvalue weighted by molar-refractivity contribution is 6.31. The molecule has 0 aromatic heterocycles. The first-order valence-electron chi connectivity index (χ1n) is 11.8. The largest absolute Gasteiger partial charge is 0.339 e. The highest BCUT2D eigenvalue weighted by atomic mass is 35.5. The molecular formula is C25H31ClFN5O2. The van der Waals surface area contributed by atoms with Crippen molar-refractivity contribution in [3.8, 4) is 0 Å². The average Bonchev–Trinajstić information content (AvgIpc) is 2.84. The Kier molecular flexibility index (Phi) is 8.37. The molecule has 34 heavy (non-hydrogen) atoms. The van der Waals surface area contributed by atoms with Crippen LogP contribution in [0.2, 0.25) is 5.02 Å². The fraction of sp³-hybridized carbons (Fsp3) is 0.440. The smallest absolute Gasteiger partial charge is 0.319 e. The lowest BCUT2D eigenvalue weighted by Crippen LogP contribution is -2.52. The normalized spacial score (nSPS) is 18.0. The van der Waals surface area contributed by atoms with E-state index in [-0.39, 0.29) is 23.8 Å². The van der Waals surface area contributed by atoms with Crippen LogP contribution in [0.3, 0.4) is 0 Å². The number of carbonyl (C=O) groups is 2. The minimum Gasteiger partial charge on any atom is -0.339 e. The van der Waals surface area contributed by atoms with Gasteiger partial charge in [-0.2, -0.15) is 0 Å². The van der Waals surface area contributed by atoms with Crippen molar-refractivity contribution in [1.29, 1.82) is 0 Å². The molecule has 2 aliphatic heterocycles. The molecule has 0 aliphatic carbocycles. The van der Waals surface area contributed by atoms with Crippen LogP contribution >= 0.6 is 11.6 Å². The maximum absolute atomic E-state index is 14.1. The van der Waals surface area contributed by atoms with Crippen LogP contribution in [0.5, 0.6) is 0 Å². The predicted octanol–water partition coefficient (Wildman–Crippen LogP) is 3.41. The number of urea groups is 1. The summed E-state index contributed by atoms with van der Waals surface area (Å²) < 4.78 is 14.1. The quantitative estimate of drug-likeness (QED) is 0.655. The number of benzene rings is 2. The van der Waals surface area contributed by atoms with E-state index >= 15 is 0 Å². The highest BCUT2D eigenvalue weighted by Gasteiger charge is 2.26.